The van der Waals surface area contributed by atoms with Gasteiger partial charge >= 0.3 is 0 Å². The van der Waals surface area contributed by atoms with E-state index >= 15 is 0 Å². The van der Waals surface area contributed by atoms with Crippen molar-refractivity contribution < 1.29 is 28.3 Å². The molecule has 2 aromatic carbocycles. The minimum Gasteiger partial charge on any atom is -0.496 e. The molecule has 4 saturated heterocycles. The Balaban J connectivity index is 0.804. The highest BCUT2D eigenvalue weighted by Gasteiger charge is 2.31. The summed E-state index contributed by atoms with van der Waals surface area (Å²) in [6, 6.07) is 10.8. The van der Waals surface area contributed by atoms with Gasteiger partial charge in [0.2, 0.25) is 11.8 Å². The lowest BCUT2D eigenvalue weighted by Crippen LogP contribution is -2.52. The van der Waals surface area contributed by atoms with Crippen LogP contribution in [-0.2, 0) is 9.59 Å². The van der Waals surface area contributed by atoms with Crippen LogP contribution in [0.5, 0.6) is 5.75 Å². The number of alkyl halides is 1. The highest BCUT2D eigenvalue weighted by Crippen LogP contribution is 2.36. The lowest BCUT2D eigenvalue weighted by molar-refractivity contribution is -0.134. The molecule has 0 unspecified atom stereocenters. The first-order chi connectivity index (χ1) is 29.2. The normalized spacial score (nSPS) is 20.1. The molecule has 0 bridgehead atoms. The summed E-state index contributed by atoms with van der Waals surface area (Å²) in [6.45, 7) is 5.95. The van der Waals surface area contributed by atoms with Crippen molar-refractivity contribution in [2.75, 3.05) is 68.0 Å². The molecule has 16 nitrogen and oxygen atoms in total. The number of methoxy groups -OCH3 is 1. The SMILES string of the molecule is COc1cc(N2CCC(CN3CCC(n4cc5cc(NC(=O)c6ccnc7nc[nH]c67)c(N6CCC(F)CC6)cc5n4)CC3)CC2)ccc1C(=O)N[C@H]1CCC(=O)NC1=O. The van der Waals surface area contributed by atoms with Gasteiger partial charge in [0.1, 0.15) is 18.0 Å². The molecule has 0 radical (unpaired) electrons. The molecule has 17 heteroatoms. The smallest absolute Gasteiger partial charge is 0.258 e. The number of nitrogens with zero attached hydrogens (tertiary/aromatic N) is 7. The Morgan fingerprint density at radius 2 is 1.67 bits per heavy atom. The standard InChI is InChI=1S/C43H50FN11O5/c1-60-37-21-30(2-3-31(37)41(57)48-33-4-5-38(56)50-43(33)59)53-16-7-26(8-17-53)23-52-14-11-29(12-15-52)55-24-27-20-35(36(22-34(27)51-55)54-18-9-28(44)10-19-54)49-42(58)32-6-13-45-40-39(32)46-25-47-40/h2-3,6,13,20-22,24-26,28-29,33H,4-5,7-12,14-19,23H2,1H3,(H,48,57)(H,49,58)(H,45,46,47)(H,50,56,59)/t33-/m0/s1. The van der Waals surface area contributed by atoms with E-state index in [-0.39, 0.29) is 30.7 Å². The Hall–Kier alpha value is -6.10. The molecule has 4 aliphatic heterocycles. The van der Waals surface area contributed by atoms with Crippen molar-refractivity contribution in [1.82, 2.24) is 40.3 Å². The maximum Gasteiger partial charge on any atom is 0.258 e. The lowest BCUT2D eigenvalue weighted by Gasteiger charge is -2.38. The number of H-pyrrole nitrogens is 1. The number of piperidine rings is 4. The molecule has 3 aromatic heterocycles. The third-order valence-corrected chi connectivity index (χ3v) is 12.6. The van der Waals surface area contributed by atoms with Crippen molar-refractivity contribution in [3.63, 3.8) is 0 Å². The number of halogens is 1. The van der Waals surface area contributed by atoms with Crippen LogP contribution in [0.1, 0.15) is 78.1 Å². The maximum atomic E-state index is 14.2. The molecule has 4 aliphatic rings. The number of benzene rings is 2. The van der Waals surface area contributed by atoms with Crippen molar-refractivity contribution in [2.45, 2.75) is 69.6 Å². The number of aromatic amines is 1. The van der Waals surface area contributed by atoms with E-state index in [9.17, 15) is 23.6 Å². The Kier molecular flexibility index (Phi) is 11.1. The van der Waals surface area contributed by atoms with E-state index in [2.05, 4.69) is 56.5 Å². The highest BCUT2D eigenvalue weighted by atomic mass is 19.1. The van der Waals surface area contributed by atoms with E-state index in [4.69, 9.17) is 9.84 Å². The summed E-state index contributed by atoms with van der Waals surface area (Å²) in [7, 11) is 1.53. The van der Waals surface area contributed by atoms with Crippen LogP contribution in [0.2, 0.25) is 0 Å². The van der Waals surface area contributed by atoms with Gasteiger partial charge in [-0.3, -0.25) is 29.2 Å². The van der Waals surface area contributed by atoms with Gasteiger partial charge in [-0.1, -0.05) is 0 Å². The first-order valence-corrected chi connectivity index (χ1v) is 21.0. The van der Waals surface area contributed by atoms with Crippen LogP contribution in [0.4, 0.5) is 21.5 Å². The minimum absolute atomic E-state index is 0.187. The number of hydrogen-bond acceptors (Lipinski definition) is 11. The molecule has 314 valence electrons. The van der Waals surface area contributed by atoms with Gasteiger partial charge in [0, 0.05) is 81.8 Å². The van der Waals surface area contributed by atoms with Crippen LogP contribution in [0.15, 0.2) is 55.1 Å². The molecular weight excluding hydrogens is 770 g/mol. The van der Waals surface area contributed by atoms with Crippen LogP contribution in [0.3, 0.4) is 0 Å². The number of imide groups is 1. The number of hydrogen-bond donors (Lipinski definition) is 4. The summed E-state index contributed by atoms with van der Waals surface area (Å²) in [5.41, 5.74) is 5.19. The van der Waals surface area contributed by atoms with E-state index in [1.807, 2.05) is 24.3 Å². The molecule has 60 heavy (non-hydrogen) atoms. The Morgan fingerprint density at radius 1 is 0.883 bits per heavy atom. The summed E-state index contributed by atoms with van der Waals surface area (Å²) >= 11 is 0. The monoisotopic (exact) mass is 819 g/mol. The Morgan fingerprint density at radius 3 is 2.43 bits per heavy atom. The van der Waals surface area contributed by atoms with Crippen molar-refractivity contribution in [3.05, 3.63) is 66.2 Å². The number of amides is 4. The predicted molar refractivity (Wildman–Crippen MR) is 224 cm³/mol. The van der Waals surface area contributed by atoms with Crippen LogP contribution in [-0.4, -0.2) is 118 Å². The molecule has 0 spiro atoms. The molecule has 9 rings (SSSR count). The molecule has 4 amide bonds. The minimum atomic E-state index is -0.821. The average molecular weight is 820 g/mol. The van der Waals surface area contributed by atoms with Crippen LogP contribution >= 0.6 is 0 Å². The quantitative estimate of drug-likeness (QED) is 0.145. The van der Waals surface area contributed by atoms with Crippen molar-refractivity contribution in [2.24, 2.45) is 5.92 Å². The zero-order valence-electron chi connectivity index (χ0n) is 33.7. The van der Waals surface area contributed by atoms with Gasteiger partial charge in [-0.25, -0.2) is 14.4 Å². The number of aromatic nitrogens is 5. The molecule has 7 heterocycles. The number of fused-ring (bicyclic) bond motifs is 2. The second-order valence-electron chi connectivity index (χ2n) is 16.4. The van der Waals surface area contributed by atoms with E-state index in [0.29, 0.717) is 65.6 Å². The molecule has 4 fully saturated rings. The van der Waals surface area contributed by atoms with Crippen LogP contribution < -0.4 is 30.5 Å². The number of likely N-dealkylation sites (tertiary alicyclic amines) is 1. The number of imidazole rings is 1. The maximum absolute atomic E-state index is 14.2. The largest absolute Gasteiger partial charge is 0.496 e. The van der Waals surface area contributed by atoms with Crippen molar-refractivity contribution in [3.8, 4) is 5.75 Å². The first-order valence-electron chi connectivity index (χ1n) is 21.0. The van der Waals surface area contributed by atoms with Gasteiger partial charge in [0.15, 0.2) is 5.65 Å². The van der Waals surface area contributed by atoms with E-state index < -0.39 is 24.0 Å². The zero-order valence-corrected chi connectivity index (χ0v) is 33.7. The highest BCUT2D eigenvalue weighted by molar-refractivity contribution is 6.13. The van der Waals surface area contributed by atoms with Crippen molar-refractivity contribution in [1.29, 1.82) is 0 Å². The van der Waals surface area contributed by atoms with Crippen molar-refractivity contribution >= 4 is 62.8 Å². The molecular formula is C43H50FN11O5. The summed E-state index contributed by atoms with van der Waals surface area (Å²) in [6.07, 6.45) is 9.80. The fourth-order valence-corrected chi connectivity index (χ4v) is 9.18. The number of rotatable bonds is 10. The fourth-order valence-electron chi connectivity index (χ4n) is 9.18. The van der Waals surface area contributed by atoms with Gasteiger partial charge in [-0.15, -0.1) is 0 Å². The summed E-state index contributed by atoms with van der Waals surface area (Å²) in [5, 5.41) is 14.1. The summed E-state index contributed by atoms with van der Waals surface area (Å²) < 4.78 is 21.9. The topological polar surface area (TPSA) is 183 Å². The number of pyridine rings is 1. The van der Waals surface area contributed by atoms with Gasteiger partial charge in [-0.2, -0.15) is 5.10 Å². The predicted octanol–water partition coefficient (Wildman–Crippen LogP) is 4.60. The number of nitrogens with one attached hydrogen (secondary N) is 4. The van der Waals surface area contributed by atoms with Gasteiger partial charge in [0.25, 0.3) is 11.8 Å². The number of carbonyl (C=O) groups excluding carboxylic acids is 4. The fraction of sp³-hybridized carbons (Fsp3) is 0.465. The number of anilines is 3. The second kappa shape index (κ2) is 16.9. The Labute approximate surface area is 346 Å². The second-order valence-corrected chi connectivity index (χ2v) is 16.4. The molecule has 1 atom stereocenters. The van der Waals surface area contributed by atoms with Crippen LogP contribution in [0.25, 0.3) is 22.1 Å². The molecule has 4 N–H and O–H groups in total. The average Bonchev–Trinajstić information content (AvgIpc) is 3.92. The molecule has 0 saturated carbocycles. The van der Waals surface area contributed by atoms with Gasteiger partial charge in [0.05, 0.1) is 53.0 Å². The zero-order chi connectivity index (χ0) is 41.3. The first kappa shape index (κ1) is 39.4. The van der Waals surface area contributed by atoms with Gasteiger partial charge in [-0.05, 0) is 81.2 Å². The van der Waals surface area contributed by atoms with E-state index in [0.717, 1.165) is 80.7 Å². The Bertz CT molecular complexity index is 2410. The summed E-state index contributed by atoms with van der Waals surface area (Å²) in [4.78, 5) is 68.9. The number of ether oxygens (including phenoxy) is 1. The summed E-state index contributed by atoms with van der Waals surface area (Å²) in [5.74, 6) is -0.486. The van der Waals surface area contributed by atoms with E-state index in [1.165, 1.54) is 13.4 Å². The molecule has 0 aliphatic carbocycles. The third-order valence-electron chi connectivity index (χ3n) is 12.6. The van der Waals surface area contributed by atoms with E-state index in [1.54, 1.807) is 18.3 Å². The third kappa shape index (κ3) is 8.22. The molecule has 5 aromatic rings. The number of carbonyl (C=O) groups is 4. The van der Waals surface area contributed by atoms with Gasteiger partial charge < -0.3 is 35.1 Å². The van der Waals surface area contributed by atoms with Crippen LogP contribution in [0, 0.1) is 5.92 Å². The lowest BCUT2D eigenvalue weighted by atomic mass is 9.94.